The smallest absolute Gasteiger partial charge is 0.407 e. The minimum absolute atomic E-state index is 0.0133. The normalized spacial score (nSPS) is 24.4. The van der Waals surface area contributed by atoms with Gasteiger partial charge in [0, 0.05) is 50.6 Å². The van der Waals surface area contributed by atoms with Crippen molar-refractivity contribution in [1.29, 1.82) is 0 Å². The molecule has 1 amide bonds. The van der Waals surface area contributed by atoms with Gasteiger partial charge in [-0.2, -0.15) is 4.31 Å². The third-order valence-corrected chi connectivity index (χ3v) is 14.0. The topological polar surface area (TPSA) is 143 Å². The van der Waals surface area contributed by atoms with E-state index in [4.69, 9.17) is 19.2 Å². The van der Waals surface area contributed by atoms with E-state index in [9.17, 15) is 18.3 Å². The van der Waals surface area contributed by atoms with Gasteiger partial charge in [-0.3, -0.25) is 0 Å². The molecule has 3 saturated heterocycles. The number of hydrogen-bond donors (Lipinski definition) is 3. The van der Waals surface area contributed by atoms with Crippen LogP contribution in [0.1, 0.15) is 70.8 Å². The third-order valence-electron chi connectivity index (χ3n) is 11.2. The molecule has 1 aliphatic carbocycles. The number of aliphatic hydroxyl groups excluding tert-OH is 1. The first kappa shape index (κ1) is 38.4. The largest absolute Gasteiger partial charge is 0.446 e. The van der Waals surface area contributed by atoms with Crippen molar-refractivity contribution in [1.82, 2.24) is 19.5 Å². The van der Waals surface area contributed by atoms with Crippen molar-refractivity contribution in [3.8, 4) is 0 Å². The van der Waals surface area contributed by atoms with Gasteiger partial charge in [0.25, 0.3) is 0 Å². The summed E-state index contributed by atoms with van der Waals surface area (Å²) in [6.07, 6.45) is 6.45. The highest BCUT2D eigenvalue weighted by molar-refractivity contribution is 7.89. The molecule has 1 aromatic heterocycles. The standard InChI is InChI=1S/C39H55N5O7S2/c1-26(2)24-44(25-34(45)33(22-27-8-4-3-5-9-27)42-39(46)51-35-17-21-50-37-31(35)16-20-49-37)53(47,48)30-12-13-32-36(23-30)52-38(41-32)40-28-14-18-43(19-15-28)29-10-6-7-11-29/h3-5,8-9,12-13,23,26,28-29,31,33-35,37,45H,6-7,10-11,14-22,24-25H2,1-2H3,(H,40,41)(H,42,46)/t31-,33-,34+,35-,37+/m0/s1. The van der Waals surface area contributed by atoms with Crippen LogP contribution < -0.4 is 10.6 Å². The predicted molar refractivity (Wildman–Crippen MR) is 205 cm³/mol. The molecule has 4 aliphatic rings. The Kier molecular flexibility index (Phi) is 12.5. The van der Waals surface area contributed by atoms with Crippen molar-refractivity contribution in [2.75, 3.05) is 44.7 Å². The lowest BCUT2D eigenvalue weighted by Gasteiger charge is -2.36. The summed E-state index contributed by atoms with van der Waals surface area (Å²) < 4.78 is 48.0. The summed E-state index contributed by atoms with van der Waals surface area (Å²) in [5.41, 5.74) is 1.64. The second-order valence-corrected chi connectivity index (χ2v) is 18.5. The summed E-state index contributed by atoms with van der Waals surface area (Å²) >= 11 is 1.47. The van der Waals surface area contributed by atoms with Gasteiger partial charge in [-0.15, -0.1) is 0 Å². The number of amides is 1. The number of hydrogen-bond acceptors (Lipinski definition) is 11. The maximum Gasteiger partial charge on any atom is 0.407 e. The van der Waals surface area contributed by atoms with Crippen molar-refractivity contribution in [2.45, 2.75) is 113 Å². The number of nitrogens with one attached hydrogen (secondary N) is 2. The van der Waals surface area contributed by atoms with Crippen LogP contribution >= 0.6 is 11.3 Å². The monoisotopic (exact) mass is 769 g/mol. The number of sulfonamides is 1. The van der Waals surface area contributed by atoms with Crippen molar-refractivity contribution in [3.05, 3.63) is 54.1 Å². The molecule has 3 aliphatic heterocycles. The Morgan fingerprint density at radius 3 is 2.49 bits per heavy atom. The molecule has 1 saturated carbocycles. The summed E-state index contributed by atoms with van der Waals surface area (Å²) in [6.45, 7) is 7.07. The molecule has 12 nitrogen and oxygen atoms in total. The van der Waals surface area contributed by atoms with Crippen LogP contribution in [-0.2, 0) is 30.7 Å². The molecule has 14 heteroatoms. The van der Waals surface area contributed by atoms with E-state index in [0.29, 0.717) is 25.7 Å². The number of benzene rings is 2. The first-order valence-corrected chi connectivity index (χ1v) is 21.7. The number of anilines is 1. The number of likely N-dealkylation sites (tertiary alicyclic amines) is 1. The molecule has 290 valence electrons. The maximum atomic E-state index is 14.3. The summed E-state index contributed by atoms with van der Waals surface area (Å²) in [5, 5.41) is 19.1. The van der Waals surface area contributed by atoms with Crippen LogP contribution in [0, 0.1) is 11.8 Å². The average Bonchev–Trinajstić information content (AvgIpc) is 3.93. The Bertz CT molecular complexity index is 1760. The Morgan fingerprint density at radius 1 is 1.02 bits per heavy atom. The molecule has 3 N–H and O–H groups in total. The van der Waals surface area contributed by atoms with E-state index in [1.54, 1.807) is 18.2 Å². The molecule has 0 bridgehead atoms. The third kappa shape index (κ3) is 9.52. The molecule has 4 heterocycles. The van der Waals surface area contributed by atoms with E-state index in [2.05, 4.69) is 15.5 Å². The zero-order valence-electron chi connectivity index (χ0n) is 30.9. The quantitative estimate of drug-likeness (QED) is 0.189. The van der Waals surface area contributed by atoms with Gasteiger partial charge in [0.15, 0.2) is 11.4 Å². The fourth-order valence-corrected chi connectivity index (χ4v) is 11.1. The highest BCUT2D eigenvalue weighted by Crippen LogP contribution is 2.34. The second kappa shape index (κ2) is 17.3. The predicted octanol–water partition coefficient (Wildman–Crippen LogP) is 5.61. The van der Waals surface area contributed by atoms with Crippen LogP contribution in [0.4, 0.5) is 9.93 Å². The lowest BCUT2D eigenvalue weighted by atomic mass is 9.95. The second-order valence-electron chi connectivity index (χ2n) is 15.6. The van der Waals surface area contributed by atoms with E-state index < -0.39 is 28.3 Å². The SMILES string of the molecule is CC(C)CN(C[C@@H](O)[C@H](Cc1ccccc1)NC(=O)O[C@H]1CCO[C@H]2OCC[C@H]21)S(=O)(=O)c1ccc2nc(NC3CCN(C4CCCC4)CC3)sc2c1. The molecular formula is C39H55N5O7S2. The van der Waals surface area contributed by atoms with Gasteiger partial charge in [-0.25, -0.2) is 18.2 Å². The average molecular weight is 770 g/mol. The number of piperidine rings is 1. The van der Waals surface area contributed by atoms with Gasteiger partial charge in [0.1, 0.15) is 6.10 Å². The summed E-state index contributed by atoms with van der Waals surface area (Å²) in [4.78, 5) is 20.9. The molecule has 4 fully saturated rings. The van der Waals surface area contributed by atoms with E-state index in [0.717, 1.165) is 59.3 Å². The molecule has 0 radical (unpaired) electrons. The van der Waals surface area contributed by atoms with Gasteiger partial charge < -0.3 is 34.9 Å². The van der Waals surface area contributed by atoms with E-state index in [1.807, 2.05) is 44.2 Å². The van der Waals surface area contributed by atoms with Crippen LogP contribution in [0.2, 0.25) is 0 Å². The van der Waals surface area contributed by atoms with Crippen molar-refractivity contribution < 1.29 is 32.5 Å². The molecular weight excluding hydrogens is 715 g/mol. The van der Waals surface area contributed by atoms with Crippen molar-refractivity contribution in [3.63, 3.8) is 0 Å². The maximum absolute atomic E-state index is 14.3. The number of aromatic nitrogens is 1. The van der Waals surface area contributed by atoms with E-state index in [-0.39, 0.29) is 48.6 Å². The highest BCUT2D eigenvalue weighted by Gasteiger charge is 2.41. The number of alkyl carbamates (subject to hydrolysis) is 1. The number of ether oxygens (including phenoxy) is 3. The summed E-state index contributed by atoms with van der Waals surface area (Å²) in [6, 6.07) is 14.9. The van der Waals surface area contributed by atoms with Gasteiger partial charge in [-0.1, -0.05) is 68.4 Å². The van der Waals surface area contributed by atoms with Gasteiger partial charge in [-0.05, 0) is 68.2 Å². The lowest BCUT2D eigenvalue weighted by molar-refractivity contribution is -0.179. The molecule has 3 aromatic rings. The van der Waals surface area contributed by atoms with Gasteiger partial charge >= 0.3 is 6.09 Å². The first-order valence-electron chi connectivity index (χ1n) is 19.5. The Morgan fingerprint density at radius 2 is 1.75 bits per heavy atom. The summed E-state index contributed by atoms with van der Waals surface area (Å²) in [7, 11) is -4.03. The van der Waals surface area contributed by atoms with E-state index in [1.165, 1.54) is 41.3 Å². The Balaban J connectivity index is 1.03. The highest BCUT2D eigenvalue weighted by atomic mass is 32.2. The van der Waals surface area contributed by atoms with Crippen molar-refractivity contribution >= 4 is 42.8 Å². The Labute approximate surface area is 317 Å². The van der Waals surface area contributed by atoms with Crippen molar-refractivity contribution in [2.24, 2.45) is 11.8 Å². The summed E-state index contributed by atoms with van der Waals surface area (Å²) in [5.74, 6) is -0.0542. The molecule has 53 heavy (non-hydrogen) atoms. The first-order chi connectivity index (χ1) is 25.6. The zero-order chi connectivity index (χ0) is 37.0. The van der Waals surface area contributed by atoms with Crippen LogP contribution in [-0.4, -0.2) is 110 Å². The Hall–Kier alpha value is -2.85. The van der Waals surface area contributed by atoms with E-state index >= 15 is 0 Å². The molecule has 0 spiro atoms. The fourth-order valence-electron chi connectivity index (χ4n) is 8.39. The number of fused-ring (bicyclic) bond motifs is 2. The number of nitrogens with zero attached hydrogens (tertiary/aromatic N) is 3. The van der Waals surface area contributed by atoms with Gasteiger partial charge in [0.05, 0.1) is 40.5 Å². The molecule has 2 aromatic carbocycles. The molecule has 0 unspecified atom stereocenters. The number of thiazole rings is 1. The number of carbonyl (C=O) groups is 1. The fraction of sp³-hybridized carbons (Fsp3) is 0.641. The van der Waals surface area contributed by atoms with Crippen LogP contribution in [0.5, 0.6) is 0 Å². The number of aliphatic hydroxyl groups is 1. The lowest BCUT2D eigenvalue weighted by Crippen LogP contribution is -2.52. The number of rotatable bonds is 14. The minimum Gasteiger partial charge on any atom is -0.446 e. The number of carbonyl (C=O) groups excluding carboxylic acids is 1. The van der Waals surface area contributed by atoms with Crippen LogP contribution in [0.15, 0.2) is 53.4 Å². The molecule has 7 rings (SSSR count). The van der Waals surface area contributed by atoms with Crippen LogP contribution in [0.25, 0.3) is 10.2 Å². The zero-order valence-corrected chi connectivity index (χ0v) is 32.5. The minimum atomic E-state index is -4.03. The van der Waals surface area contributed by atoms with Gasteiger partial charge in [0.2, 0.25) is 10.0 Å². The molecule has 5 atom stereocenters. The van der Waals surface area contributed by atoms with Crippen LogP contribution in [0.3, 0.4) is 0 Å².